The van der Waals surface area contributed by atoms with Gasteiger partial charge in [-0.1, -0.05) is 6.07 Å². The summed E-state index contributed by atoms with van der Waals surface area (Å²) in [5.74, 6) is 2.75. The molecule has 1 unspecified atom stereocenters. The normalized spacial score (nSPS) is 22.8. The molecule has 0 saturated carbocycles. The number of anilines is 1. The lowest BCUT2D eigenvalue weighted by Crippen LogP contribution is -2.40. The van der Waals surface area contributed by atoms with Crippen LogP contribution in [0.15, 0.2) is 24.3 Å². The summed E-state index contributed by atoms with van der Waals surface area (Å²) in [5, 5.41) is 12.9. The zero-order valence-corrected chi connectivity index (χ0v) is 14.4. The van der Waals surface area contributed by atoms with Crippen LogP contribution < -0.4 is 5.32 Å². The number of carbonyl (C=O) groups is 1. The molecule has 5 heteroatoms. The number of rotatable bonds is 4. The number of thioether (sulfide) groups is 1. The Balaban J connectivity index is 1.65. The van der Waals surface area contributed by atoms with Gasteiger partial charge in [0.25, 0.3) is 5.91 Å². The van der Waals surface area contributed by atoms with Crippen molar-refractivity contribution in [3.8, 4) is 0 Å². The Bertz CT molecular complexity index is 532. The monoisotopic (exact) mass is 334 g/mol. The Hall–Kier alpha value is -1.20. The summed E-state index contributed by atoms with van der Waals surface area (Å²) in [6.07, 6.45) is 4.37. The number of aliphatic hydroxyl groups is 1. The summed E-state index contributed by atoms with van der Waals surface area (Å²) >= 11 is 2.02. The van der Waals surface area contributed by atoms with Crippen molar-refractivity contribution < 1.29 is 9.90 Å². The number of nitrogens with zero attached hydrogens (tertiary/aromatic N) is 1. The average molecular weight is 334 g/mol. The number of likely N-dealkylation sites (tertiary alicyclic amines) is 1. The van der Waals surface area contributed by atoms with Crippen LogP contribution in [-0.2, 0) is 0 Å². The summed E-state index contributed by atoms with van der Waals surface area (Å²) in [5.41, 5.74) is 1.79. The number of carbonyl (C=O) groups excluding carboxylic acids is 1. The molecule has 3 rings (SSSR count). The Morgan fingerprint density at radius 2 is 2.13 bits per heavy atom. The lowest BCUT2D eigenvalue weighted by atomic mass is 9.98. The number of nitrogens with one attached hydrogen (secondary N) is 1. The van der Waals surface area contributed by atoms with Crippen molar-refractivity contribution in [1.29, 1.82) is 0 Å². The highest BCUT2D eigenvalue weighted by Crippen LogP contribution is 2.23. The molecular weight excluding hydrogens is 308 g/mol. The molecule has 2 aliphatic rings. The molecule has 0 aromatic heterocycles. The van der Waals surface area contributed by atoms with Gasteiger partial charge in [0.2, 0.25) is 0 Å². The van der Waals surface area contributed by atoms with Crippen LogP contribution in [0.25, 0.3) is 0 Å². The van der Waals surface area contributed by atoms with Crippen molar-refractivity contribution in [3.05, 3.63) is 29.8 Å². The second-order valence-corrected chi connectivity index (χ2v) is 7.78. The second-order valence-electron chi connectivity index (χ2n) is 6.55. The van der Waals surface area contributed by atoms with E-state index in [0.29, 0.717) is 12.6 Å². The number of benzene rings is 1. The molecule has 2 heterocycles. The van der Waals surface area contributed by atoms with Crippen molar-refractivity contribution in [2.24, 2.45) is 5.92 Å². The molecule has 1 aromatic rings. The Kier molecular flexibility index (Phi) is 5.84. The maximum Gasteiger partial charge on any atom is 0.253 e. The zero-order chi connectivity index (χ0) is 16.1. The second kappa shape index (κ2) is 8.06. The molecule has 23 heavy (non-hydrogen) atoms. The van der Waals surface area contributed by atoms with Gasteiger partial charge < -0.3 is 15.3 Å². The van der Waals surface area contributed by atoms with Gasteiger partial charge in [0.1, 0.15) is 0 Å². The molecule has 1 amide bonds. The molecule has 0 spiro atoms. The summed E-state index contributed by atoms with van der Waals surface area (Å²) < 4.78 is 0. The fraction of sp³-hybridized carbons (Fsp3) is 0.611. The minimum Gasteiger partial charge on any atom is -0.396 e. The third-order valence-corrected chi connectivity index (χ3v) is 5.81. The fourth-order valence-electron chi connectivity index (χ4n) is 3.40. The van der Waals surface area contributed by atoms with Gasteiger partial charge in [-0.3, -0.25) is 4.79 Å². The van der Waals surface area contributed by atoms with Crippen LogP contribution in [0.2, 0.25) is 0 Å². The highest BCUT2D eigenvalue weighted by Gasteiger charge is 2.24. The standard InChI is InChI=1S/C18H26N2O2S/c21-13-14-3-2-8-20(12-14)18(22)15-4-1-5-17(11-15)19-16-6-9-23-10-7-16/h1,4-5,11,14,16,19,21H,2-3,6-10,12-13H2. The molecule has 0 aliphatic carbocycles. The predicted octanol–water partition coefficient (Wildman–Crippen LogP) is 2.84. The van der Waals surface area contributed by atoms with Gasteiger partial charge in [0, 0.05) is 37.0 Å². The van der Waals surface area contributed by atoms with E-state index in [1.807, 2.05) is 40.9 Å². The highest BCUT2D eigenvalue weighted by molar-refractivity contribution is 7.99. The number of piperidine rings is 1. The first-order valence-electron chi connectivity index (χ1n) is 8.61. The Morgan fingerprint density at radius 3 is 2.91 bits per heavy atom. The quantitative estimate of drug-likeness (QED) is 0.889. The molecule has 2 N–H and O–H groups in total. The van der Waals surface area contributed by atoms with E-state index in [-0.39, 0.29) is 18.4 Å². The number of hydrogen-bond acceptors (Lipinski definition) is 4. The largest absolute Gasteiger partial charge is 0.396 e. The fourth-order valence-corrected chi connectivity index (χ4v) is 4.51. The van der Waals surface area contributed by atoms with E-state index in [1.165, 1.54) is 24.3 Å². The summed E-state index contributed by atoms with van der Waals surface area (Å²) in [4.78, 5) is 14.6. The van der Waals surface area contributed by atoms with Gasteiger partial charge in [0.05, 0.1) is 0 Å². The van der Waals surface area contributed by atoms with E-state index in [2.05, 4.69) is 5.32 Å². The summed E-state index contributed by atoms with van der Waals surface area (Å²) in [6, 6.07) is 8.40. The van der Waals surface area contributed by atoms with Crippen LogP contribution >= 0.6 is 11.8 Å². The smallest absolute Gasteiger partial charge is 0.253 e. The molecule has 1 atom stereocenters. The molecule has 0 bridgehead atoms. The van der Waals surface area contributed by atoms with Crippen molar-refractivity contribution in [2.75, 3.05) is 36.5 Å². The van der Waals surface area contributed by atoms with Crippen LogP contribution in [0.1, 0.15) is 36.0 Å². The number of aliphatic hydroxyl groups excluding tert-OH is 1. The van der Waals surface area contributed by atoms with Gasteiger partial charge >= 0.3 is 0 Å². The van der Waals surface area contributed by atoms with Crippen LogP contribution in [-0.4, -0.2) is 53.2 Å². The van der Waals surface area contributed by atoms with Gasteiger partial charge in [-0.05, 0) is 61.3 Å². The third kappa shape index (κ3) is 4.42. The zero-order valence-electron chi connectivity index (χ0n) is 13.5. The van der Waals surface area contributed by atoms with E-state index < -0.39 is 0 Å². The molecule has 4 nitrogen and oxygen atoms in total. The Morgan fingerprint density at radius 1 is 1.30 bits per heavy atom. The maximum atomic E-state index is 12.7. The van der Waals surface area contributed by atoms with Gasteiger partial charge in [-0.2, -0.15) is 11.8 Å². The van der Waals surface area contributed by atoms with Crippen LogP contribution in [0.3, 0.4) is 0 Å². The lowest BCUT2D eigenvalue weighted by Gasteiger charge is -2.32. The summed E-state index contributed by atoms with van der Waals surface area (Å²) in [6.45, 7) is 1.64. The van der Waals surface area contributed by atoms with E-state index >= 15 is 0 Å². The van der Waals surface area contributed by atoms with E-state index in [0.717, 1.165) is 30.6 Å². The van der Waals surface area contributed by atoms with Crippen molar-refractivity contribution in [2.45, 2.75) is 31.7 Å². The molecular formula is C18H26N2O2S. The van der Waals surface area contributed by atoms with Crippen LogP contribution in [0, 0.1) is 5.92 Å². The minimum absolute atomic E-state index is 0.0889. The van der Waals surface area contributed by atoms with E-state index in [1.54, 1.807) is 0 Å². The summed E-state index contributed by atoms with van der Waals surface area (Å²) in [7, 11) is 0. The van der Waals surface area contributed by atoms with E-state index in [4.69, 9.17) is 0 Å². The average Bonchev–Trinajstić information content (AvgIpc) is 2.62. The van der Waals surface area contributed by atoms with E-state index in [9.17, 15) is 9.90 Å². The van der Waals surface area contributed by atoms with Crippen molar-refractivity contribution in [3.63, 3.8) is 0 Å². The van der Waals surface area contributed by atoms with Crippen LogP contribution in [0.4, 0.5) is 5.69 Å². The van der Waals surface area contributed by atoms with Crippen molar-refractivity contribution in [1.82, 2.24) is 4.90 Å². The topological polar surface area (TPSA) is 52.6 Å². The van der Waals surface area contributed by atoms with Gasteiger partial charge in [-0.15, -0.1) is 0 Å². The molecule has 2 aliphatic heterocycles. The highest BCUT2D eigenvalue weighted by atomic mass is 32.2. The minimum atomic E-state index is 0.0889. The Labute approximate surface area is 142 Å². The first-order valence-corrected chi connectivity index (χ1v) is 9.76. The van der Waals surface area contributed by atoms with Gasteiger partial charge in [-0.25, -0.2) is 0 Å². The van der Waals surface area contributed by atoms with Gasteiger partial charge in [0.15, 0.2) is 0 Å². The molecule has 2 saturated heterocycles. The first-order chi connectivity index (χ1) is 11.3. The SMILES string of the molecule is O=C(c1cccc(NC2CCSCC2)c1)N1CCCC(CO)C1. The number of hydrogen-bond donors (Lipinski definition) is 2. The molecule has 126 valence electrons. The molecule has 0 radical (unpaired) electrons. The lowest BCUT2D eigenvalue weighted by molar-refractivity contribution is 0.0621. The predicted molar refractivity (Wildman–Crippen MR) is 96.1 cm³/mol. The first kappa shape index (κ1) is 16.7. The maximum absolute atomic E-state index is 12.7. The van der Waals surface area contributed by atoms with Crippen molar-refractivity contribution >= 4 is 23.4 Å². The number of amides is 1. The molecule has 1 aromatic carbocycles. The molecule has 2 fully saturated rings. The third-order valence-electron chi connectivity index (χ3n) is 4.77. The van der Waals surface area contributed by atoms with Crippen LogP contribution in [0.5, 0.6) is 0 Å².